The molecule has 142 valence electrons. The summed E-state index contributed by atoms with van der Waals surface area (Å²) in [5.74, 6) is 0.393. The summed E-state index contributed by atoms with van der Waals surface area (Å²) in [5.41, 5.74) is 5.78. The molecule has 0 unspecified atom stereocenters. The summed E-state index contributed by atoms with van der Waals surface area (Å²) >= 11 is 3.40. The van der Waals surface area contributed by atoms with Gasteiger partial charge in [0.2, 0.25) is 5.91 Å². The molecule has 2 N–H and O–H groups in total. The highest BCUT2D eigenvalue weighted by atomic mass is 79.9. The van der Waals surface area contributed by atoms with Crippen LogP contribution in [0.4, 0.5) is 0 Å². The predicted octanol–water partition coefficient (Wildman–Crippen LogP) is 3.35. The molecule has 1 fully saturated rings. The minimum absolute atomic E-state index is 0.212. The van der Waals surface area contributed by atoms with Crippen molar-refractivity contribution in [3.63, 3.8) is 0 Å². The highest BCUT2D eigenvalue weighted by molar-refractivity contribution is 9.10. The smallest absolute Gasteiger partial charge is 0.269 e. The zero-order valence-corrected chi connectivity index (χ0v) is 16.8. The van der Waals surface area contributed by atoms with Crippen LogP contribution < -0.4 is 20.3 Å². The number of rotatable bonds is 6. The third-order valence-corrected chi connectivity index (χ3v) is 5.13. The van der Waals surface area contributed by atoms with Crippen LogP contribution in [0.15, 0.2) is 46.9 Å². The Morgan fingerprint density at radius 1 is 1.07 bits per heavy atom. The second-order valence-corrected chi connectivity index (χ2v) is 7.21. The second-order valence-electron chi connectivity index (χ2n) is 6.30. The van der Waals surface area contributed by atoms with Crippen molar-refractivity contribution in [3.05, 3.63) is 58.1 Å². The lowest BCUT2D eigenvalue weighted by atomic mass is 9.95. The molecule has 0 bridgehead atoms. The van der Waals surface area contributed by atoms with E-state index < -0.39 is 11.3 Å². The van der Waals surface area contributed by atoms with Crippen molar-refractivity contribution in [3.8, 4) is 11.5 Å². The van der Waals surface area contributed by atoms with Crippen molar-refractivity contribution in [2.24, 2.45) is 0 Å². The van der Waals surface area contributed by atoms with E-state index in [1.54, 1.807) is 18.2 Å². The Balaban J connectivity index is 1.65. The average molecular weight is 433 g/mol. The van der Waals surface area contributed by atoms with Crippen LogP contribution in [0.5, 0.6) is 11.5 Å². The summed E-state index contributed by atoms with van der Waals surface area (Å²) in [7, 11) is 1.51. The first-order valence-electron chi connectivity index (χ1n) is 8.68. The van der Waals surface area contributed by atoms with Gasteiger partial charge in [0.25, 0.3) is 5.91 Å². The molecule has 0 saturated heterocycles. The van der Waals surface area contributed by atoms with Crippen LogP contribution in [0, 0.1) is 0 Å². The van der Waals surface area contributed by atoms with Gasteiger partial charge in [-0.1, -0.05) is 28.1 Å². The largest absolute Gasteiger partial charge is 0.493 e. The van der Waals surface area contributed by atoms with E-state index in [9.17, 15) is 9.59 Å². The van der Waals surface area contributed by atoms with Gasteiger partial charge in [0.05, 0.1) is 19.1 Å². The molecule has 0 atom stereocenters. The van der Waals surface area contributed by atoms with Crippen LogP contribution in [0.1, 0.15) is 35.7 Å². The van der Waals surface area contributed by atoms with Gasteiger partial charge >= 0.3 is 0 Å². The summed E-state index contributed by atoms with van der Waals surface area (Å²) in [4.78, 5) is 25.0. The van der Waals surface area contributed by atoms with Crippen LogP contribution in [-0.4, -0.2) is 25.5 Å². The van der Waals surface area contributed by atoms with E-state index in [1.807, 2.05) is 31.2 Å². The number of carbonyl (C=O) groups is 2. The highest BCUT2D eigenvalue weighted by Gasteiger charge is 2.51. The maximum absolute atomic E-state index is 12.6. The number of ether oxygens (including phenoxy) is 2. The van der Waals surface area contributed by atoms with Gasteiger partial charge in [-0.05, 0) is 55.7 Å². The lowest BCUT2D eigenvalue weighted by Gasteiger charge is -2.17. The standard InChI is InChI=1S/C20H21BrN2O4/c1-3-27-16-9-4-13(12-17(16)26-2)18(24)22-23-19(25)20(10-11-20)14-5-7-15(21)8-6-14/h4-9,12H,3,10-11H2,1-2H3,(H,22,24)(H,23,25). The van der Waals surface area contributed by atoms with Crippen LogP contribution in [0.3, 0.4) is 0 Å². The number of hydrazine groups is 1. The first-order chi connectivity index (χ1) is 13.0. The van der Waals surface area contributed by atoms with Crippen LogP contribution >= 0.6 is 15.9 Å². The monoisotopic (exact) mass is 432 g/mol. The van der Waals surface area contributed by atoms with Crippen LogP contribution in [0.25, 0.3) is 0 Å². The first kappa shape index (κ1) is 19.2. The molecule has 0 radical (unpaired) electrons. The predicted molar refractivity (Wildman–Crippen MR) is 105 cm³/mol. The molecule has 7 heteroatoms. The van der Waals surface area contributed by atoms with E-state index in [0.717, 1.165) is 22.9 Å². The fourth-order valence-corrected chi connectivity index (χ4v) is 3.19. The summed E-state index contributed by atoms with van der Waals surface area (Å²) in [5, 5.41) is 0. The number of carbonyl (C=O) groups excluding carboxylic acids is 2. The summed E-state index contributed by atoms with van der Waals surface area (Å²) in [6, 6.07) is 12.5. The zero-order chi connectivity index (χ0) is 19.4. The number of halogens is 1. The molecular weight excluding hydrogens is 412 g/mol. The van der Waals surface area contributed by atoms with Gasteiger partial charge in [0, 0.05) is 10.0 Å². The van der Waals surface area contributed by atoms with Crippen LogP contribution in [-0.2, 0) is 10.2 Å². The number of benzene rings is 2. The molecule has 1 aliphatic rings. The van der Waals surface area contributed by atoms with Crippen LogP contribution in [0.2, 0.25) is 0 Å². The van der Waals surface area contributed by atoms with Gasteiger partial charge < -0.3 is 9.47 Å². The Hall–Kier alpha value is -2.54. The average Bonchev–Trinajstić information content (AvgIpc) is 3.49. The van der Waals surface area contributed by atoms with E-state index in [2.05, 4.69) is 26.8 Å². The normalized spacial score (nSPS) is 14.2. The van der Waals surface area contributed by atoms with E-state index in [-0.39, 0.29) is 5.91 Å². The van der Waals surface area contributed by atoms with E-state index in [0.29, 0.717) is 23.7 Å². The maximum atomic E-state index is 12.6. The van der Waals surface area contributed by atoms with Crippen molar-refractivity contribution in [2.45, 2.75) is 25.2 Å². The Morgan fingerprint density at radius 2 is 1.78 bits per heavy atom. The molecule has 0 aromatic heterocycles. The number of amides is 2. The molecule has 2 amide bonds. The van der Waals surface area contributed by atoms with E-state index in [1.165, 1.54) is 7.11 Å². The third-order valence-electron chi connectivity index (χ3n) is 4.60. The first-order valence-corrected chi connectivity index (χ1v) is 9.47. The van der Waals surface area contributed by atoms with Crippen molar-refractivity contribution < 1.29 is 19.1 Å². The van der Waals surface area contributed by atoms with Gasteiger partial charge in [-0.3, -0.25) is 20.4 Å². The SMILES string of the molecule is CCOc1ccc(C(=O)NNC(=O)C2(c3ccc(Br)cc3)CC2)cc1OC. The van der Waals surface area contributed by atoms with Crippen molar-refractivity contribution >= 4 is 27.7 Å². The van der Waals surface area contributed by atoms with Gasteiger partial charge in [-0.15, -0.1) is 0 Å². The number of nitrogens with one attached hydrogen (secondary N) is 2. The molecule has 0 spiro atoms. The van der Waals surface area contributed by atoms with Crippen molar-refractivity contribution in [2.75, 3.05) is 13.7 Å². The van der Waals surface area contributed by atoms with Gasteiger partial charge in [0.15, 0.2) is 11.5 Å². The van der Waals surface area contributed by atoms with E-state index in [4.69, 9.17) is 9.47 Å². The number of hydrogen-bond donors (Lipinski definition) is 2. The minimum Gasteiger partial charge on any atom is -0.493 e. The topological polar surface area (TPSA) is 76.7 Å². The molecule has 3 rings (SSSR count). The Bertz CT molecular complexity index is 848. The summed E-state index contributed by atoms with van der Waals surface area (Å²) < 4.78 is 11.6. The van der Waals surface area contributed by atoms with Crippen molar-refractivity contribution in [1.82, 2.24) is 10.9 Å². The molecule has 2 aromatic rings. The molecule has 2 aromatic carbocycles. The minimum atomic E-state index is -0.565. The number of methoxy groups -OCH3 is 1. The maximum Gasteiger partial charge on any atom is 0.269 e. The number of hydrogen-bond acceptors (Lipinski definition) is 4. The second kappa shape index (κ2) is 8.00. The third kappa shape index (κ3) is 4.08. The van der Waals surface area contributed by atoms with E-state index >= 15 is 0 Å². The lowest BCUT2D eigenvalue weighted by molar-refractivity contribution is -0.124. The highest BCUT2D eigenvalue weighted by Crippen LogP contribution is 2.48. The molecular formula is C20H21BrN2O4. The molecule has 1 saturated carbocycles. The molecule has 6 nitrogen and oxygen atoms in total. The summed E-state index contributed by atoms with van der Waals surface area (Å²) in [6.07, 6.45) is 1.51. The van der Waals surface area contributed by atoms with Crippen molar-refractivity contribution in [1.29, 1.82) is 0 Å². The molecule has 0 aliphatic heterocycles. The fraction of sp³-hybridized carbons (Fsp3) is 0.300. The molecule has 0 heterocycles. The molecule has 1 aliphatic carbocycles. The fourth-order valence-electron chi connectivity index (χ4n) is 2.93. The zero-order valence-electron chi connectivity index (χ0n) is 15.2. The summed E-state index contributed by atoms with van der Waals surface area (Å²) in [6.45, 7) is 2.37. The lowest BCUT2D eigenvalue weighted by Crippen LogP contribution is -2.46. The van der Waals surface area contributed by atoms with Gasteiger partial charge in [-0.2, -0.15) is 0 Å². The van der Waals surface area contributed by atoms with Gasteiger partial charge in [0.1, 0.15) is 0 Å². The van der Waals surface area contributed by atoms with Gasteiger partial charge in [-0.25, -0.2) is 0 Å². The Morgan fingerprint density at radius 3 is 2.37 bits per heavy atom. The Kier molecular flexibility index (Phi) is 5.70. The molecule has 27 heavy (non-hydrogen) atoms. The Labute approximate surface area is 166 Å². The quantitative estimate of drug-likeness (QED) is 0.686.